The molecule has 0 aromatic heterocycles. The van der Waals surface area contributed by atoms with Crippen molar-refractivity contribution in [1.29, 1.82) is 0 Å². The molecule has 1 nitrogen and oxygen atoms in total. The summed E-state index contributed by atoms with van der Waals surface area (Å²) in [5.74, 6) is -0.383. The number of halogens is 2. The van der Waals surface area contributed by atoms with Crippen LogP contribution < -0.4 is 0 Å². The largest absolute Gasteiger partial charge is 0.247 e. The maximum absolute atomic E-state index is 14.3. The fourth-order valence-corrected chi connectivity index (χ4v) is 3.09. The number of hydrogen-bond acceptors (Lipinski definition) is 2. The van der Waals surface area contributed by atoms with Crippen LogP contribution in [0.2, 0.25) is 5.02 Å². The fraction of sp³-hybridized carbons (Fsp3) is 0. The normalized spacial score (nSPS) is 13.8. The molecule has 0 fully saturated rings. The fourth-order valence-electron chi connectivity index (χ4n) is 2.09. The molecule has 0 bridgehead atoms. The maximum Gasteiger partial charge on any atom is 0.134 e. The number of allylic oxidation sites excluding steroid dienone is 1. The second-order valence-electron chi connectivity index (χ2n) is 4.45. The van der Waals surface area contributed by atoms with Crippen LogP contribution in [-0.2, 0) is 0 Å². The monoisotopic (exact) mass is 315 g/mol. The summed E-state index contributed by atoms with van der Waals surface area (Å²) in [5.41, 5.74) is 2.63. The van der Waals surface area contributed by atoms with Gasteiger partial charge in [-0.2, -0.15) is 0 Å². The topological polar surface area (TPSA) is 12.4 Å². The summed E-state index contributed by atoms with van der Waals surface area (Å²) in [6.07, 6.45) is 1.66. The Morgan fingerprint density at radius 3 is 2.71 bits per heavy atom. The van der Waals surface area contributed by atoms with Gasteiger partial charge in [0.25, 0.3) is 0 Å². The van der Waals surface area contributed by atoms with Crippen molar-refractivity contribution in [1.82, 2.24) is 0 Å². The first kappa shape index (κ1) is 14.1. The zero-order chi connectivity index (χ0) is 14.8. The molecule has 2 aromatic carbocycles. The smallest absolute Gasteiger partial charge is 0.134 e. The first-order valence-corrected chi connectivity index (χ1v) is 7.57. The molecule has 0 aliphatic carbocycles. The third-order valence-corrected chi connectivity index (χ3v) is 4.29. The molecule has 1 heterocycles. The Balaban J connectivity index is 2.24. The van der Waals surface area contributed by atoms with Crippen LogP contribution >= 0.6 is 23.4 Å². The van der Waals surface area contributed by atoms with Crippen molar-refractivity contribution in [2.24, 2.45) is 4.99 Å². The molecule has 0 saturated heterocycles. The van der Waals surface area contributed by atoms with E-state index < -0.39 is 0 Å². The molecule has 0 amide bonds. The highest BCUT2D eigenvalue weighted by Gasteiger charge is 2.18. The minimum atomic E-state index is -0.383. The molecular formula is C17H11ClFNS. The molecule has 0 N–H and O–H groups in total. The van der Waals surface area contributed by atoms with Gasteiger partial charge >= 0.3 is 0 Å². The second-order valence-corrected chi connectivity index (χ2v) is 5.79. The van der Waals surface area contributed by atoms with Gasteiger partial charge in [-0.05, 0) is 30.3 Å². The lowest BCUT2D eigenvalue weighted by Crippen LogP contribution is -2.07. The van der Waals surface area contributed by atoms with Crippen molar-refractivity contribution in [2.45, 2.75) is 4.90 Å². The van der Waals surface area contributed by atoms with E-state index in [1.807, 2.05) is 29.7 Å². The van der Waals surface area contributed by atoms with Crippen molar-refractivity contribution in [3.05, 3.63) is 88.2 Å². The van der Waals surface area contributed by atoms with Crippen LogP contribution in [-0.4, -0.2) is 5.71 Å². The minimum absolute atomic E-state index is 0.368. The van der Waals surface area contributed by atoms with Crippen LogP contribution in [0.4, 0.5) is 4.39 Å². The maximum atomic E-state index is 14.3. The van der Waals surface area contributed by atoms with E-state index in [0.29, 0.717) is 22.0 Å². The van der Waals surface area contributed by atoms with Gasteiger partial charge in [-0.15, -0.1) is 0 Å². The van der Waals surface area contributed by atoms with Gasteiger partial charge in [0, 0.05) is 26.5 Å². The quantitative estimate of drug-likeness (QED) is 0.718. The van der Waals surface area contributed by atoms with Crippen LogP contribution in [0.5, 0.6) is 0 Å². The lowest BCUT2D eigenvalue weighted by molar-refractivity contribution is 0.625. The highest BCUT2D eigenvalue weighted by Crippen LogP contribution is 2.32. The van der Waals surface area contributed by atoms with Gasteiger partial charge < -0.3 is 0 Å². The molecule has 1 aliphatic rings. The van der Waals surface area contributed by atoms with Gasteiger partial charge in [0.15, 0.2) is 0 Å². The predicted octanol–water partition coefficient (Wildman–Crippen LogP) is 5.45. The summed E-state index contributed by atoms with van der Waals surface area (Å²) < 4.78 is 14.3. The summed E-state index contributed by atoms with van der Waals surface area (Å²) in [6, 6.07) is 12.4. The first-order valence-electron chi connectivity index (χ1n) is 6.32. The lowest BCUT2D eigenvalue weighted by Gasteiger charge is -2.10. The van der Waals surface area contributed by atoms with E-state index >= 15 is 0 Å². The summed E-state index contributed by atoms with van der Waals surface area (Å²) in [4.78, 5) is 5.58. The number of hydrogen-bond donors (Lipinski definition) is 0. The van der Waals surface area contributed by atoms with Gasteiger partial charge in [-0.1, -0.05) is 48.1 Å². The van der Waals surface area contributed by atoms with Gasteiger partial charge in [0.1, 0.15) is 5.82 Å². The number of rotatable bonds is 2. The van der Waals surface area contributed by atoms with E-state index in [-0.39, 0.29) is 5.82 Å². The van der Waals surface area contributed by atoms with Gasteiger partial charge in [0.2, 0.25) is 0 Å². The van der Waals surface area contributed by atoms with Crippen LogP contribution in [0, 0.1) is 5.82 Å². The third-order valence-electron chi connectivity index (χ3n) is 3.09. The second kappa shape index (κ2) is 5.88. The highest BCUT2D eigenvalue weighted by molar-refractivity contribution is 8.02. The van der Waals surface area contributed by atoms with E-state index in [4.69, 9.17) is 11.6 Å². The van der Waals surface area contributed by atoms with Gasteiger partial charge in [-0.3, -0.25) is 0 Å². The molecule has 0 spiro atoms. The van der Waals surface area contributed by atoms with E-state index in [9.17, 15) is 4.39 Å². The standard InChI is InChI=1S/C17H11ClFNS/c1-2-12-10-21-16-6-4-3-5-14(16)17(20-12)13-8-7-11(18)9-15(13)19/h2-10H,1H2. The molecule has 0 radical (unpaired) electrons. The van der Waals surface area contributed by atoms with Crippen LogP contribution in [0.15, 0.2) is 76.1 Å². The molecule has 0 unspecified atom stereocenters. The van der Waals surface area contributed by atoms with E-state index in [1.54, 1.807) is 30.0 Å². The molecule has 2 aromatic rings. The lowest BCUT2D eigenvalue weighted by atomic mass is 10.0. The Morgan fingerprint density at radius 2 is 1.95 bits per heavy atom. The average molecular weight is 316 g/mol. The van der Waals surface area contributed by atoms with Crippen molar-refractivity contribution in [2.75, 3.05) is 0 Å². The molecular weight excluding hydrogens is 305 g/mol. The van der Waals surface area contributed by atoms with E-state index in [0.717, 1.165) is 10.5 Å². The average Bonchev–Trinajstić information content (AvgIpc) is 2.67. The van der Waals surface area contributed by atoms with Crippen LogP contribution in [0.3, 0.4) is 0 Å². The molecule has 104 valence electrons. The Labute approximate surface area is 131 Å². The van der Waals surface area contributed by atoms with Crippen LogP contribution in [0.25, 0.3) is 0 Å². The van der Waals surface area contributed by atoms with Gasteiger partial charge in [-0.25, -0.2) is 9.38 Å². The molecule has 0 atom stereocenters. The molecule has 0 saturated carbocycles. The summed E-state index contributed by atoms with van der Waals surface area (Å²) in [5, 5.41) is 2.28. The van der Waals surface area contributed by atoms with E-state index in [1.165, 1.54) is 6.07 Å². The predicted molar refractivity (Wildman–Crippen MR) is 87.6 cm³/mol. The first-order chi connectivity index (χ1) is 10.2. The SMILES string of the molecule is C=CC1=CSc2ccccc2C(c2ccc(Cl)cc2F)=N1. The molecule has 1 aliphatic heterocycles. The molecule has 3 rings (SSSR count). The molecule has 21 heavy (non-hydrogen) atoms. The van der Waals surface area contributed by atoms with Crippen molar-refractivity contribution >= 4 is 29.1 Å². The Morgan fingerprint density at radius 1 is 1.14 bits per heavy atom. The van der Waals surface area contributed by atoms with Crippen molar-refractivity contribution < 1.29 is 4.39 Å². The van der Waals surface area contributed by atoms with Crippen molar-refractivity contribution in [3.63, 3.8) is 0 Å². The summed E-state index contributed by atoms with van der Waals surface area (Å²) in [7, 11) is 0. The zero-order valence-corrected chi connectivity index (χ0v) is 12.6. The minimum Gasteiger partial charge on any atom is -0.247 e. The number of benzene rings is 2. The number of fused-ring (bicyclic) bond motifs is 1. The van der Waals surface area contributed by atoms with Gasteiger partial charge in [0.05, 0.1) is 11.4 Å². The Hall–Kier alpha value is -1.84. The zero-order valence-electron chi connectivity index (χ0n) is 11.0. The highest BCUT2D eigenvalue weighted by atomic mass is 35.5. The number of thioether (sulfide) groups is 1. The Kier molecular flexibility index (Phi) is 3.95. The van der Waals surface area contributed by atoms with E-state index in [2.05, 4.69) is 11.6 Å². The number of nitrogens with zero attached hydrogens (tertiary/aromatic N) is 1. The van der Waals surface area contributed by atoms with Crippen molar-refractivity contribution in [3.8, 4) is 0 Å². The Bertz CT molecular complexity index is 780. The van der Waals surface area contributed by atoms with Crippen LogP contribution in [0.1, 0.15) is 11.1 Å². The number of aliphatic imine (C=N–C) groups is 1. The molecule has 4 heteroatoms. The third kappa shape index (κ3) is 2.80. The summed E-state index contributed by atoms with van der Waals surface area (Å²) >= 11 is 7.39. The summed E-state index contributed by atoms with van der Waals surface area (Å²) in [6.45, 7) is 3.75.